The van der Waals surface area contributed by atoms with Gasteiger partial charge in [-0.1, -0.05) is 0 Å². The average Bonchev–Trinajstić information content (AvgIpc) is 2.44. The van der Waals surface area contributed by atoms with Gasteiger partial charge in [0.15, 0.2) is 0 Å². The molecule has 1 fully saturated rings. The van der Waals surface area contributed by atoms with Gasteiger partial charge in [-0.25, -0.2) is 0 Å². The van der Waals surface area contributed by atoms with Crippen molar-refractivity contribution in [1.29, 1.82) is 0 Å². The van der Waals surface area contributed by atoms with E-state index in [9.17, 15) is 4.79 Å². The van der Waals surface area contributed by atoms with Crippen molar-refractivity contribution >= 4 is 5.91 Å². The highest BCUT2D eigenvalue weighted by atomic mass is 16.5. The Morgan fingerprint density at radius 2 is 2.14 bits per heavy atom. The van der Waals surface area contributed by atoms with E-state index in [1.165, 1.54) is 0 Å². The first kappa shape index (κ1) is 11.5. The Labute approximate surface area is 85.4 Å². The minimum Gasteiger partial charge on any atom is -0.359 e. The minimum absolute atomic E-state index is 0.0718. The second-order valence-corrected chi connectivity index (χ2v) is 5.11. The number of amides is 1. The lowest BCUT2D eigenvalue weighted by molar-refractivity contribution is -0.144. The summed E-state index contributed by atoms with van der Waals surface area (Å²) in [6, 6.07) is 0. The van der Waals surface area contributed by atoms with Crippen LogP contribution in [0.1, 0.15) is 27.7 Å². The summed E-state index contributed by atoms with van der Waals surface area (Å²) in [5, 5.41) is 0. The van der Waals surface area contributed by atoms with Crippen LogP contribution in [-0.2, 0) is 9.53 Å². The van der Waals surface area contributed by atoms with Crippen LogP contribution >= 0.6 is 0 Å². The van der Waals surface area contributed by atoms with Crippen LogP contribution in [0.4, 0.5) is 0 Å². The van der Waals surface area contributed by atoms with Gasteiger partial charge in [0.1, 0.15) is 6.73 Å². The lowest BCUT2D eigenvalue weighted by Gasteiger charge is -2.35. The predicted molar refractivity (Wildman–Crippen MR) is 54.6 cm³/mol. The summed E-state index contributed by atoms with van der Waals surface area (Å²) < 4.78 is 5.30. The van der Waals surface area contributed by atoms with Crippen molar-refractivity contribution in [3.05, 3.63) is 0 Å². The molecule has 0 aromatic carbocycles. The summed E-state index contributed by atoms with van der Waals surface area (Å²) in [5.74, 6) is 0.0718. The van der Waals surface area contributed by atoms with Gasteiger partial charge in [0, 0.05) is 6.54 Å². The molecule has 1 aliphatic rings. The standard InChI is InChI=1S/C10H20N2O2/c1-9(2,5-11)8(13)12-7-14-6-10(12,3)4/h5-7,11H2,1-4H3. The fraction of sp³-hybridized carbons (Fsp3) is 0.900. The van der Waals surface area contributed by atoms with Crippen LogP contribution in [0.15, 0.2) is 0 Å². The highest BCUT2D eigenvalue weighted by Gasteiger charge is 2.41. The molecule has 2 N–H and O–H groups in total. The largest absolute Gasteiger partial charge is 0.359 e. The fourth-order valence-corrected chi connectivity index (χ4v) is 1.43. The van der Waals surface area contributed by atoms with Gasteiger partial charge in [-0.05, 0) is 27.7 Å². The van der Waals surface area contributed by atoms with E-state index >= 15 is 0 Å². The maximum atomic E-state index is 12.1. The second kappa shape index (κ2) is 3.51. The molecule has 0 unspecified atom stereocenters. The molecule has 0 aliphatic carbocycles. The Morgan fingerprint density at radius 3 is 2.50 bits per heavy atom. The molecule has 0 saturated carbocycles. The number of rotatable bonds is 2. The summed E-state index contributed by atoms with van der Waals surface area (Å²) >= 11 is 0. The number of nitrogens with zero attached hydrogens (tertiary/aromatic N) is 1. The van der Waals surface area contributed by atoms with E-state index < -0.39 is 5.41 Å². The van der Waals surface area contributed by atoms with E-state index in [1.807, 2.05) is 27.7 Å². The highest BCUT2D eigenvalue weighted by Crippen LogP contribution is 2.27. The van der Waals surface area contributed by atoms with Crippen LogP contribution in [-0.4, -0.2) is 36.2 Å². The maximum Gasteiger partial charge on any atom is 0.231 e. The average molecular weight is 200 g/mol. The van der Waals surface area contributed by atoms with Gasteiger partial charge in [-0.2, -0.15) is 0 Å². The van der Waals surface area contributed by atoms with Crippen molar-refractivity contribution in [2.75, 3.05) is 19.9 Å². The van der Waals surface area contributed by atoms with E-state index in [2.05, 4.69) is 0 Å². The normalized spacial score (nSPS) is 21.4. The third-order valence-electron chi connectivity index (χ3n) is 2.74. The zero-order chi connectivity index (χ0) is 11.0. The third kappa shape index (κ3) is 1.91. The van der Waals surface area contributed by atoms with Crippen molar-refractivity contribution in [3.8, 4) is 0 Å². The Bertz CT molecular complexity index is 236. The molecule has 82 valence electrons. The quantitative estimate of drug-likeness (QED) is 0.709. The monoisotopic (exact) mass is 200 g/mol. The second-order valence-electron chi connectivity index (χ2n) is 5.11. The zero-order valence-electron chi connectivity index (χ0n) is 9.46. The summed E-state index contributed by atoms with van der Waals surface area (Å²) in [6.45, 7) is 9.08. The molecule has 0 spiro atoms. The van der Waals surface area contributed by atoms with Gasteiger partial charge in [0.05, 0.1) is 17.6 Å². The van der Waals surface area contributed by atoms with Crippen molar-refractivity contribution in [2.24, 2.45) is 11.1 Å². The van der Waals surface area contributed by atoms with Gasteiger partial charge in [-0.3, -0.25) is 4.79 Å². The molecule has 0 aromatic heterocycles. The van der Waals surface area contributed by atoms with Crippen LogP contribution in [0.3, 0.4) is 0 Å². The smallest absolute Gasteiger partial charge is 0.231 e. The van der Waals surface area contributed by atoms with Crippen molar-refractivity contribution in [1.82, 2.24) is 4.90 Å². The first-order valence-corrected chi connectivity index (χ1v) is 4.91. The lowest BCUT2D eigenvalue weighted by atomic mass is 9.90. The molecule has 14 heavy (non-hydrogen) atoms. The summed E-state index contributed by atoms with van der Waals surface area (Å²) in [4.78, 5) is 13.8. The molecular weight excluding hydrogens is 180 g/mol. The van der Waals surface area contributed by atoms with Crippen molar-refractivity contribution in [3.63, 3.8) is 0 Å². The van der Waals surface area contributed by atoms with Gasteiger partial charge < -0.3 is 15.4 Å². The first-order valence-electron chi connectivity index (χ1n) is 4.91. The third-order valence-corrected chi connectivity index (χ3v) is 2.74. The van der Waals surface area contributed by atoms with Crippen molar-refractivity contribution in [2.45, 2.75) is 33.2 Å². The Balaban J connectivity index is 2.80. The number of carbonyl (C=O) groups excluding carboxylic acids is 1. The highest BCUT2D eigenvalue weighted by molar-refractivity contribution is 5.83. The number of hydrogen-bond donors (Lipinski definition) is 1. The Kier molecular flexibility index (Phi) is 2.88. The van der Waals surface area contributed by atoms with Gasteiger partial charge >= 0.3 is 0 Å². The minimum atomic E-state index is -0.495. The number of hydrogen-bond acceptors (Lipinski definition) is 3. The first-order chi connectivity index (χ1) is 6.31. The molecular formula is C10H20N2O2. The molecule has 1 rings (SSSR count). The number of ether oxygens (including phenoxy) is 1. The summed E-state index contributed by atoms with van der Waals surface area (Å²) in [5.41, 5.74) is 4.88. The molecule has 0 atom stereocenters. The van der Waals surface area contributed by atoms with Gasteiger partial charge in [0.2, 0.25) is 5.91 Å². The summed E-state index contributed by atoms with van der Waals surface area (Å²) in [7, 11) is 0. The Morgan fingerprint density at radius 1 is 1.57 bits per heavy atom. The zero-order valence-corrected chi connectivity index (χ0v) is 9.46. The Hall–Kier alpha value is -0.610. The lowest BCUT2D eigenvalue weighted by Crippen LogP contribution is -2.51. The summed E-state index contributed by atoms with van der Waals surface area (Å²) in [6.07, 6.45) is 0. The van der Waals surface area contributed by atoms with Crippen LogP contribution in [0, 0.1) is 5.41 Å². The molecule has 1 saturated heterocycles. The molecule has 1 amide bonds. The van der Waals surface area contributed by atoms with Crippen LogP contribution in [0.2, 0.25) is 0 Å². The van der Waals surface area contributed by atoms with E-state index in [0.717, 1.165) is 0 Å². The molecule has 4 nitrogen and oxygen atoms in total. The van der Waals surface area contributed by atoms with E-state index in [-0.39, 0.29) is 11.4 Å². The molecule has 0 bridgehead atoms. The van der Waals surface area contributed by atoms with Crippen molar-refractivity contribution < 1.29 is 9.53 Å². The van der Waals surface area contributed by atoms with Crippen LogP contribution < -0.4 is 5.73 Å². The van der Waals surface area contributed by atoms with Crippen LogP contribution in [0.25, 0.3) is 0 Å². The fourth-order valence-electron chi connectivity index (χ4n) is 1.43. The van der Waals surface area contributed by atoms with E-state index in [4.69, 9.17) is 10.5 Å². The van der Waals surface area contributed by atoms with Gasteiger partial charge in [0.25, 0.3) is 0 Å². The molecule has 0 aromatic rings. The molecule has 4 heteroatoms. The van der Waals surface area contributed by atoms with Gasteiger partial charge in [-0.15, -0.1) is 0 Å². The maximum absolute atomic E-state index is 12.1. The number of carbonyl (C=O) groups is 1. The number of nitrogens with two attached hydrogens (primary N) is 1. The SMILES string of the molecule is CC(C)(CN)C(=O)N1COCC1(C)C. The predicted octanol–water partition coefficient (Wildman–Crippen LogP) is 0.566. The molecule has 1 heterocycles. The van der Waals surface area contributed by atoms with Crippen LogP contribution in [0.5, 0.6) is 0 Å². The molecule has 1 aliphatic heterocycles. The van der Waals surface area contributed by atoms with E-state index in [1.54, 1.807) is 4.90 Å². The topological polar surface area (TPSA) is 55.6 Å². The molecule has 0 radical (unpaired) electrons. The van der Waals surface area contributed by atoms with E-state index in [0.29, 0.717) is 19.9 Å².